The number of ether oxygens (including phenoxy) is 1. The number of carbonyl (C=O) groups is 1. The molecule has 176 valence electrons. The highest BCUT2D eigenvalue weighted by molar-refractivity contribution is 5.84. The van der Waals surface area contributed by atoms with Crippen molar-refractivity contribution >= 4 is 16.8 Å². The van der Waals surface area contributed by atoms with E-state index >= 15 is 0 Å². The highest BCUT2D eigenvalue weighted by Crippen LogP contribution is 2.22. The largest absolute Gasteiger partial charge is 0.496 e. The van der Waals surface area contributed by atoms with Crippen molar-refractivity contribution in [2.45, 2.75) is 39.7 Å². The lowest BCUT2D eigenvalue weighted by Crippen LogP contribution is -2.39. The van der Waals surface area contributed by atoms with Crippen LogP contribution in [0.1, 0.15) is 36.3 Å². The molecule has 0 spiro atoms. The number of para-hydroxylation sites is 2. The van der Waals surface area contributed by atoms with Crippen LogP contribution in [-0.4, -0.2) is 39.1 Å². The molecule has 0 radical (unpaired) electrons. The first-order chi connectivity index (χ1) is 16.5. The molecule has 2 heterocycles. The molecule has 0 unspecified atom stereocenters. The molecule has 1 atom stereocenters. The summed E-state index contributed by atoms with van der Waals surface area (Å²) in [6.07, 6.45) is 1.05. The molecular weight excluding hydrogens is 430 g/mol. The Kier molecular flexibility index (Phi) is 6.77. The first-order valence-electron chi connectivity index (χ1n) is 11.4. The summed E-state index contributed by atoms with van der Waals surface area (Å²) in [4.78, 5) is 26.4. The minimum Gasteiger partial charge on any atom is -0.496 e. The van der Waals surface area contributed by atoms with Gasteiger partial charge in [-0.05, 0) is 50.5 Å². The van der Waals surface area contributed by atoms with Crippen LogP contribution in [0.5, 0.6) is 5.75 Å². The third-order valence-corrected chi connectivity index (χ3v) is 6.02. The van der Waals surface area contributed by atoms with Gasteiger partial charge in [-0.15, -0.1) is 0 Å². The van der Waals surface area contributed by atoms with Gasteiger partial charge >= 0.3 is 0 Å². The van der Waals surface area contributed by atoms with Crippen molar-refractivity contribution in [1.82, 2.24) is 24.9 Å². The fraction of sp³-hybridized carbons (Fsp3) is 0.308. The molecule has 8 nitrogen and oxygen atoms in total. The summed E-state index contributed by atoms with van der Waals surface area (Å²) in [5.41, 5.74) is 3.31. The number of aryl methyl sites for hydroxylation is 2. The summed E-state index contributed by atoms with van der Waals surface area (Å²) in [5.74, 6) is 0.539. The maximum atomic E-state index is 13.4. The van der Waals surface area contributed by atoms with Gasteiger partial charge in [0.2, 0.25) is 5.91 Å². The second-order valence-corrected chi connectivity index (χ2v) is 8.17. The topological polar surface area (TPSA) is 91.0 Å². The molecular formula is C26H29N5O3. The Bertz CT molecular complexity index is 1370. The van der Waals surface area contributed by atoms with Gasteiger partial charge in [0.05, 0.1) is 29.6 Å². The summed E-state index contributed by atoms with van der Waals surface area (Å²) in [5, 5.41) is 12.8. The summed E-state index contributed by atoms with van der Waals surface area (Å²) in [7, 11) is 1.63. The van der Waals surface area contributed by atoms with Gasteiger partial charge < -0.3 is 10.1 Å². The van der Waals surface area contributed by atoms with Crippen LogP contribution in [0.4, 0.5) is 0 Å². The van der Waals surface area contributed by atoms with Crippen LogP contribution >= 0.6 is 0 Å². The predicted molar refractivity (Wildman–Crippen MR) is 132 cm³/mol. The minimum atomic E-state index is -0.726. The van der Waals surface area contributed by atoms with Gasteiger partial charge in [-0.1, -0.05) is 43.3 Å². The van der Waals surface area contributed by atoms with Gasteiger partial charge in [0.15, 0.2) is 5.52 Å². The van der Waals surface area contributed by atoms with Crippen molar-refractivity contribution in [2.24, 2.45) is 0 Å². The number of hydrogen-bond donors (Lipinski definition) is 1. The van der Waals surface area contributed by atoms with Crippen molar-refractivity contribution in [2.75, 3.05) is 13.7 Å². The Balaban J connectivity index is 1.61. The molecule has 2 aromatic heterocycles. The number of rotatable bonds is 8. The van der Waals surface area contributed by atoms with E-state index in [1.165, 1.54) is 4.68 Å². The Morgan fingerprint density at radius 2 is 1.76 bits per heavy atom. The SMILES string of the molecule is CC[C@@H](C(=O)NCCc1ccccc1OC)n1nc(C)c2c(C)n(-c3ccccc3)nc2c1=O. The summed E-state index contributed by atoms with van der Waals surface area (Å²) < 4.78 is 8.40. The molecule has 1 amide bonds. The van der Waals surface area contributed by atoms with Gasteiger partial charge in [0.1, 0.15) is 11.8 Å². The van der Waals surface area contributed by atoms with Gasteiger partial charge in [0.25, 0.3) is 5.56 Å². The molecule has 4 aromatic rings. The van der Waals surface area contributed by atoms with E-state index in [2.05, 4.69) is 15.5 Å². The molecule has 0 saturated heterocycles. The van der Waals surface area contributed by atoms with E-state index in [0.29, 0.717) is 30.6 Å². The standard InChI is InChI=1S/C26H29N5O3/c1-5-21(25(32)27-16-15-19-11-9-10-14-22(19)34-4)31-26(33)24-23(17(2)28-31)18(3)30(29-24)20-12-7-6-8-13-20/h6-14,21H,5,15-16H2,1-4H3,(H,27,32)/t21-/m0/s1. The third-order valence-electron chi connectivity index (χ3n) is 6.02. The number of amides is 1. The van der Waals surface area contributed by atoms with Crippen LogP contribution in [0.3, 0.4) is 0 Å². The smallest absolute Gasteiger partial charge is 0.295 e. The van der Waals surface area contributed by atoms with E-state index in [-0.39, 0.29) is 11.5 Å². The average molecular weight is 460 g/mol. The van der Waals surface area contributed by atoms with Gasteiger partial charge in [-0.3, -0.25) is 9.59 Å². The maximum Gasteiger partial charge on any atom is 0.295 e. The molecule has 0 aliphatic heterocycles. The molecule has 8 heteroatoms. The quantitative estimate of drug-likeness (QED) is 0.435. The molecule has 0 fully saturated rings. The van der Waals surface area contributed by atoms with Crippen LogP contribution < -0.4 is 15.6 Å². The van der Waals surface area contributed by atoms with Crippen molar-refractivity contribution in [1.29, 1.82) is 0 Å². The molecule has 0 aliphatic carbocycles. The lowest BCUT2D eigenvalue weighted by atomic mass is 10.1. The number of methoxy groups -OCH3 is 1. The van der Waals surface area contributed by atoms with E-state index in [1.54, 1.807) is 11.8 Å². The summed E-state index contributed by atoms with van der Waals surface area (Å²) in [6, 6.07) is 16.6. The normalized spacial score (nSPS) is 12.0. The highest BCUT2D eigenvalue weighted by Gasteiger charge is 2.25. The Morgan fingerprint density at radius 1 is 1.06 bits per heavy atom. The minimum absolute atomic E-state index is 0.245. The van der Waals surface area contributed by atoms with E-state index in [1.807, 2.05) is 75.4 Å². The van der Waals surface area contributed by atoms with Crippen LogP contribution in [0.15, 0.2) is 59.4 Å². The average Bonchev–Trinajstić information content (AvgIpc) is 3.21. The molecule has 0 bridgehead atoms. The molecule has 34 heavy (non-hydrogen) atoms. The lowest BCUT2D eigenvalue weighted by molar-refractivity contribution is -0.124. The molecule has 2 aromatic carbocycles. The number of fused-ring (bicyclic) bond motifs is 1. The number of benzene rings is 2. The van der Waals surface area contributed by atoms with Crippen molar-refractivity contribution in [3.8, 4) is 11.4 Å². The zero-order chi connectivity index (χ0) is 24.2. The number of aromatic nitrogens is 4. The number of carbonyl (C=O) groups excluding carboxylic acids is 1. The van der Waals surface area contributed by atoms with Gasteiger partial charge in [-0.2, -0.15) is 10.2 Å². The fourth-order valence-electron chi connectivity index (χ4n) is 4.30. The van der Waals surface area contributed by atoms with Crippen molar-refractivity contribution in [3.05, 3.63) is 81.9 Å². The van der Waals surface area contributed by atoms with Gasteiger partial charge in [0, 0.05) is 6.54 Å². The van der Waals surface area contributed by atoms with Crippen LogP contribution in [0.2, 0.25) is 0 Å². The fourth-order valence-corrected chi connectivity index (χ4v) is 4.30. The first kappa shape index (κ1) is 23.2. The predicted octanol–water partition coefficient (Wildman–Crippen LogP) is 3.52. The van der Waals surface area contributed by atoms with Crippen molar-refractivity contribution < 1.29 is 9.53 Å². The summed E-state index contributed by atoms with van der Waals surface area (Å²) in [6.45, 7) is 6.05. The van der Waals surface area contributed by atoms with Crippen molar-refractivity contribution in [3.63, 3.8) is 0 Å². The van der Waals surface area contributed by atoms with E-state index < -0.39 is 6.04 Å². The highest BCUT2D eigenvalue weighted by atomic mass is 16.5. The Hall–Kier alpha value is -3.94. The maximum absolute atomic E-state index is 13.4. The van der Waals surface area contributed by atoms with Crippen LogP contribution in [0.25, 0.3) is 16.6 Å². The lowest BCUT2D eigenvalue weighted by Gasteiger charge is -2.17. The van der Waals surface area contributed by atoms with E-state index in [9.17, 15) is 9.59 Å². The second kappa shape index (κ2) is 9.91. The zero-order valence-corrected chi connectivity index (χ0v) is 19.9. The third kappa shape index (κ3) is 4.31. The number of hydrogen-bond acceptors (Lipinski definition) is 5. The molecule has 0 aliphatic rings. The second-order valence-electron chi connectivity index (χ2n) is 8.17. The van der Waals surface area contributed by atoms with Crippen LogP contribution in [-0.2, 0) is 11.2 Å². The Labute approximate surface area is 198 Å². The van der Waals surface area contributed by atoms with E-state index in [0.717, 1.165) is 28.1 Å². The molecule has 1 N–H and O–H groups in total. The monoisotopic (exact) mass is 459 g/mol. The molecule has 4 rings (SSSR count). The summed E-state index contributed by atoms with van der Waals surface area (Å²) >= 11 is 0. The molecule has 0 saturated carbocycles. The zero-order valence-electron chi connectivity index (χ0n) is 19.9. The van der Waals surface area contributed by atoms with Gasteiger partial charge in [-0.25, -0.2) is 9.36 Å². The first-order valence-corrected chi connectivity index (χ1v) is 11.4. The van der Waals surface area contributed by atoms with Crippen LogP contribution in [0, 0.1) is 13.8 Å². The number of nitrogens with zero attached hydrogens (tertiary/aromatic N) is 4. The van der Waals surface area contributed by atoms with E-state index in [4.69, 9.17) is 4.74 Å². The number of nitrogens with one attached hydrogen (secondary N) is 1. The Morgan fingerprint density at radius 3 is 2.47 bits per heavy atom.